The molecule has 2 N–H and O–H groups in total. The molecule has 9 heteroatoms. The Morgan fingerprint density at radius 2 is 1.46 bits per heavy atom. The molecule has 0 fully saturated rings. The van der Waals surface area contributed by atoms with Crippen molar-refractivity contribution in [2.75, 3.05) is 13.1 Å². The lowest BCUT2D eigenvalue weighted by Crippen LogP contribution is -2.50. The van der Waals surface area contributed by atoms with Crippen LogP contribution in [0.25, 0.3) is 0 Å². The van der Waals surface area contributed by atoms with Crippen molar-refractivity contribution in [1.29, 1.82) is 0 Å². The number of rotatable bonds is 11. The Kier molecular flexibility index (Phi) is 9.11. The van der Waals surface area contributed by atoms with Crippen LogP contribution >= 0.6 is 0 Å². The van der Waals surface area contributed by atoms with E-state index in [9.17, 15) is 22.4 Å². The van der Waals surface area contributed by atoms with Crippen LogP contribution in [0.3, 0.4) is 0 Å². The first-order valence-electron chi connectivity index (χ1n) is 11.2. The van der Waals surface area contributed by atoms with Crippen LogP contribution in [0.4, 0.5) is 4.39 Å². The third kappa shape index (κ3) is 7.46. The highest BCUT2D eigenvalue weighted by Gasteiger charge is 2.28. The van der Waals surface area contributed by atoms with Gasteiger partial charge in [-0.3, -0.25) is 9.59 Å². The fourth-order valence-corrected chi connectivity index (χ4v) is 4.80. The number of hydrogen-bond donors (Lipinski definition) is 2. The zero-order valence-electron chi connectivity index (χ0n) is 19.4. The number of nitrogens with zero attached hydrogens (tertiary/aromatic N) is 1. The van der Waals surface area contributed by atoms with Gasteiger partial charge >= 0.3 is 0 Å². The van der Waals surface area contributed by atoms with Crippen LogP contribution in [0.15, 0.2) is 89.8 Å². The number of carbonyl (C=O) groups is 2. The Morgan fingerprint density at radius 3 is 2.06 bits per heavy atom. The van der Waals surface area contributed by atoms with Gasteiger partial charge in [-0.1, -0.05) is 72.8 Å². The summed E-state index contributed by atoms with van der Waals surface area (Å²) in [5, 5.41) is 2.54. The first-order chi connectivity index (χ1) is 16.8. The topological polar surface area (TPSA) is 95.6 Å². The fourth-order valence-electron chi connectivity index (χ4n) is 3.53. The molecule has 35 heavy (non-hydrogen) atoms. The van der Waals surface area contributed by atoms with Crippen molar-refractivity contribution in [1.82, 2.24) is 14.9 Å². The lowest BCUT2D eigenvalue weighted by Gasteiger charge is -2.23. The minimum atomic E-state index is -4.34. The second-order valence-electron chi connectivity index (χ2n) is 7.91. The molecule has 0 aliphatic heterocycles. The van der Waals surface area contributed by atoms with E-state index in [1.807, 2.05) is 37.3 Å². The summed E-state index contributed by atoms with van der Waals surface area (Å²) in [5.41, 5.74) is 1.66. The Hall–Kier alpha value is -3.56. The van der Waals surface area contributed by atoms with Crippen molar-refractivity contribution in [3.05, 3.63) is 102 Å². The number of benzene rings is 3. The Labute approximate surface area is 205 Å². The second-order valence-corrected chi connectivity index (χ2v) is 9.59. The molecule has 0 aromatic heterocycles. The summed E-state index contributed by atoms with van der Waals surface area (Å²) < 4.78 is 42.2. The van der Waals surface area contributed by atoms with E-state index >= 15 is 0 Å². The van der Waals surface area contributed by atoms with E-state index in [2.05, 4.69) is 10.0 Å². The maximum absolute atomic E-state index is 14.2. The van der Waals surface area contributed by atoms with Gasteiger partial charge in [0.15, 0.2) is 0 Å². The van der Waals surface area contributed by atoms with Crippen molar-refractivity contribution < 1.29 is 22.4 Å². The van der Waals surface area contributed by atoms with Gasteiger partial charge in [0.25, 0.3) is 0 Å². The minimum Gasteiger partial charge on any atom is -0.346 e. The van der Waals surface area contributed by atoms with Gasteiger partial charge in [-0.15, -0.1) is 0 Å². The number of carbonyl (C=O) groups excluding carboxylic acids is 2. The Balaban J connectivity index is 1.72. The number of halogens is 1. The first-order valence-corrected chi connectivity index (χ1v) is 12.7. The monoisotopic (exact) mass is 497 g/mol. The lowest BCUT2D eigenvalue weighted by atomic mass is 10.1. The van der Waals surface area contributed by atoms with E-state index in [4.69, 9.17) is 0 Å². The molecule has 3 aromatic carbocycles. The van der Waals surface area contributed by atoms with Crippen LogP contribution in [0.2, 0.25) is 0 Å². The van der Waals surface area contributed by atoms with Crippen LogP contribution in [0.1, 0.15) is 18.1 Å². The molecule has 184 valence electrons. The quantitative estimate of drug-likeness (QED) is 0.426. The molecule has 3 rings (SSSR count). The number of amides is 2. The minimum absolute atomic E-state index is 0.0239. The van der Waals surface area contributed by atoms with Gasteiger partial charge in [0.1, 0.15) is 16.8 Å². The zero-order valence-corrected chi connectivity index (χ0v) is 20.2. The van der Waals surface area contributed by atoms with Crippen molar-refractivity contribution >= 4 is 21.8 Å². The molecular formula is C26H28FN3O4S. The molecule has 0 bridgehead atoms. The molecule has 0 aliphatic rings. The molecule has 0 aliphatic carbocycles. The van der Waals surface area contributed by atoms with Gasteiger partial charge in [-0.2, -0.15) is 4.72 Å². The summed E-state index contributed by atoms with van der Waals surface area (Å²) in [6.07, 6.45) is 0.0239. The molecule has 1 atom stereocenters. The molecule has 3 aromatic rings. The van der Waals surface area contributed by atoms with Crippen LogP contribution in [0, 0.1) is 5.82 Å². The molecule has 2 amide bonds. The molecule has 7 nitrogen and oxygen atoms in total. The average molecular weight is 498 g/mol. The smallest absolute Gasteiger partial charge is 0.244 e. The first kappa shape index (κ1) is 26.1. The summed E-state index contributed by atoms with van der Waals surface area (Å²) in [6, 6.07) is 22.0. The van der Waals surface area contributed by atoms with Gasteiger partial charge in [0, 0.05) is 13.1 Å². The van der Waals surface area contributed by atoms with E-state index in [-0.39, 0.29) is 18.9 Å². The Morgan fingerprint density at radius 1 is 0.886 bits per heavy atom. The molecule has 0 heterocycles. The normalized spacial score (nSPS) is 12.1. The van der Waals surface area contributed by atoms with Gasteiger partial charge in [-0.05, 0) is 36.6 Å². The fraction of sp³-hybridized carbons (Fsp3) is 0.231. The predicted octanol–water partition coefficient (Wildman–Crippen LogP) is 2.88. The largest absolute Gasteiger partial charge is 0.346 e. The molecule has 0 spiro atoms. The van der Waals surface area contributed by atoms with E-state index in [0.717, 1.165) is 17.7 Å². The van der Waals surface area contributed by atoms with Gasteiger partial charge in [-0.25, -0.2) is 12.8 Å². The van der Waals surface area contributed by atoms with E-state index in [1.54, 1.807) is 35.2 Å². The average Bonchev–Trinajstić information content (AvgIpc) is 2.86. The number of nitrogens with one attached hydrogen (secondary N) is 2. The SMILES string of the molecule is CCN(Cc1ccccc1)C(=O)CNC(=O)C(Cc1ccccc1)NS(=O)(=O)c1ccccc1F. The summed E-state index contributed by atoms with van der Waals surface area (Å²) in [4.78, 5) is 26.8. The third-order valence-electron chi connectivity index (χ3n) is 5.39. The lowest BCUT2D eigenvalue weighted by molar-refractivity contribution is -0.133. The number of hydrogen-bond acceptors (Lipinski definition) is 4. The summed E-state index contributed by atoms with van der Waals surface area (Å²) in [5.74, 6) is -1.91. The number of likely N-dealkylation sites (N-methyl/N-ethyl adjacent to an activating group) is 1. The summed E-state index contributed by atoms with van der Waals surface area (Å²) in [6.45, 7) is 2.37. The molecule has 0 saturated carbocycles. The highest BCUT2D eigenvalue weighted by atomic mass is 32.2. The standard InChI is InChI=1S/C26H28FN3O4S/c1-2-30(19-21-13-7-4-8-14-21)25(31)18-28-26(32)23(17-20-11-5-3-6-12-20)29-35(33,34)24-16-10-9-15-22(24)27/h3-16,23,29H,2,17-19H2,1H3,(H,28,32). The van der Waals surface area contributed by atoms with Gasteiger partial charge in [0.05, 0.1) is 6.54 Å². The van der Waals surface area contributed by atoms with Crippen molar-refractivity contribution in [3.63, 3.8) is 0 Å². The Bertz CT molecular complexity index is 1240. The molecular weight excluding hydrogens is 469 g/mol. The maximum atomic E-state index is 14.2. The van der Waals surface area contributed by atoms with E-state index < -0.39 is 32.7 Å². The van der Waals surface area contributed by atoms with Crippen LogP contribution in [-0.4, -0.2) is 44.3 Å². The predicted molar refractivity (Wildman–Crippen MR) is 131 cm³/mol. The number of sulfonamides is 1. The van der Waals surface area contributed by atoms with Crippen LogP contribution in [0.5, 0.6) is 0 Å². The zero-order chi connectivity index (χ0) is 25.3. The highest BCUT2D eigenvalue weighted by molar-refractivity contribution is 7.89. The maximum Gasteiger partial charge on any atom is 0.244 e. The van der Waals surface area contributed by atoms with Crippen molar-refractivity contribution in [3.8, 4) is 0 Å². The molecule has 0 radical (unpaired) electrons. The van der Waals surface area contributed by atoms with E-state index in [0.29, 0.717) is 18.7 Å². The molecule has 1 unspecified atom stereocenters. The molecule has 0 saturated heterocycles. The second kappa shape index (κ2) is 12.2. The van der Waals surface area contributed by atoms with Crippen molar-refractivity contribution in [2.45, 2.75) is 30.8 Å². The van der Waals surface area contributed by atoms with Gasteiger partial charge in [0.2, 0.25) is 21.8 Å². The van der Waals surface area contributed by atoms with Crippen LogP contribution < -0.4 is 10.0 Å². The van der Waals surface area contributed by atoms with E-state index in [1.165, 1.54) is 12.1 Å². The highest BCUT2D eigenvalue weighted by Crippen LogP contribution is 2.15. The summed E-state index contributed by atoms with van der Waals surface area (Å²) >= 11 is 0. The van der Waals surface area contributed by atoms with Crippen LogP contribution in [-0.2, 0) is 32.6 Å². The summed E-state index contributed by atoms with van der Waals surface area (Å²) in [7, 11) is -4.34. The van der Waals surface area contributed by atoms with Crippen molar-refractivity contribution in [2.24, 2.45) is 0 Å². The third-order valence-corrected chi connectivity index (χ3v) is 6.89. The van der Waals surface area contributed by atoms with Gasteiger partial charge < -0.3 is 10.2 Å².